The van der Waals surface area contributed by atoms with E-state index in [0.717, 1.165) is 0 Å². The molecule has 6 heteroatoms. The Kier molecular flexibility index (Phi) is 8.86. The predicted molar refractivity (Wildman–Crippen MR) is 61.7 cm³/mol. The maximum atomic E-state index is 10.6. The van der Waals surface area contributed by atoms with Crippen LogP contribution in [0.3, 0.4) is 0 Å². The highest BCUT2D eigenvalue weighted by molar-refractivity contribution is 5.63. The summed E-state index contributed by atoms with van der Waals surface area (Å²) in [5, 5.41) is 19.2. The molecule has 0 aliphatic carbocycles. The zero-order chi connectivity index (χ0) is 14.0. The van der Waals surface area contributed by atoms with Crippen molar-refractivity contribution >= 4 is 25.1 Å². The van der Waals surface area contributed by atoms with E-state index < -0.39 is 24.0 Å². The summed E-state index contributed by atoms with van der Waals surface area (Å²) in [5.74, 6) is -1.59. The Morgan fingerprint density at radius 2 is 1.06 bits per heavy atom. The monoisotopic (exact) mass is 258 g/mol. The molecule has 4 atom stereocenters. The average molecular weight is 258 g/mol. The lowest BCUT2D eigenvalue weighted by atomic mass is 9.91. The molecule has 6 nitrogen and oxygen atoms in total. The van der Waals surface area contributed by atoms with Crippen LogP contribution < -0.4 is 0 Å². The molecule has 2 N–H and O–H groups in total. The summed E-state index contributed by atoms with van der Waals surface area (Å²) in [6, 6.07) is 0. The Labute approximate surface area is 105 Å². The Hall–Kier alpha value is -1.40. The average Bonchev–Trinajstić information content (AvgIpc) is 2.38. The number of rotatable bonds is 11. The molecule has 0 rings (SSSR count). The summed E-state index contributed by atoms with van der Waals surface area (Å²) >= 11 is 0. The first kappa shape index (κ1) is 16.6. The number of aliphatic hydroxyl groups is 2. The number of aldehydes is 4. The third-order valence-electron chi connectivity index (χ3n) is 2.83. The minimum atomic E-state index is -1.04. The second-order valence-corrected chi connectivity index (χ2v) is 4.12. The fourth-order valence-electron chi connectivity index (χ4n) is 1.60. The van der Waals surface area contributed by atoms with Gasteiger partial charge in [-0.2, -0.15) is 0 Å². The smallest absolute Gasteiger partial charge is 0.126 e. The summed E-state index contributed by atoms with van der Waals surface area (Å²) in [6.45, 7) is 0. The van der Waals surface area contributed by atoms with Crippen LogP contribution in [0.15, 0.2) is 0 Å². The maximum absolute atomic E-state index is 10.6. The lowest BCUT2D eigenvalue weighted by Crippen LogP contribution is -2.27. The molecule has 0 saturated carbocycles. The van der Waals surface area contributed by atoms with Gasteiger partial charge in [0.25, 0.3) is 0 Å². The fourth-order valence-corrected chi connectivity index (χ4v) is 1.60. The molecule has 0 amide bonds. The molecule has 18 heavy (non-hydrogen) atoms. The van der Waals surface area contributed by atoms with Gasteiger partial charge in [-0.3, -0.25) is 0 Å². The highest BCUT2D eigenvalue weighted by atomic mass is 16.3. The summed E-state index contributed by atoms with van der Waals surface area (Å²) < 4.78 is 0. The summed E-state index contributed by atoms with van der Waals surface area (Å²) in [6.07, 6.45) is 0.0133. The first-order valence-electron chi connectivity index (χ1n) is 5.74. The molecule has 0 heterocycles. The van der Waals surface area contributed by atoms with Gasteiger partial charge in [-0.05, 0) is 12.8 Å². The topological polar surface area (TPSA) is 109 Å². The highest BCUT2D eigenvalue weighted by Crippen LogP contribution is 2.16. The molecule has 0 bridgehead atoms. The van der Waals surface area contributed by atoms with E-state index in [1.165, 1.54) is 0 Å². The predicted octanol–water partition coefficient (Wildman–Crippen LogP) is -0.703. The third-order valence-corrected chi connectivity index (χ3v) is 2.83. The standard InChI is InChI=1S/C12H18O6/c13-5-3-9(7-15)11(17)1-2-12(18)10(8-16)4-6-14/h5-12,17-18H,1-4H2/t9-,10?,11+,12?/m1/s1. The Morgan fingerprint density at radius 3 is 1.28 bits per heavy atom. The van der Waals surface area contributed by atoms with Gasteiger partial charge in [-0.15, -0.1) is 0 Å². The van der Waals surface area contributed by atoms with Gasteiger partial charge in [0, 0.05) is 24.7 Å². The second kappa shape index (κ2) is 9.61. The minimum absolute atomic E-state index is 0.0772. The van der Waals surface area contributed by atoms with Gasteiger partial charge in [0.1, 0.15) is 25.1 Å². The van der Waals surface area contributed by atoms with Crippen LogP contribution in [0, 0.1) is 11.8 Å². The molecule has 0 aromatic carbocycles. The second-order valence-electron chi connectivity index (χ2n) is 4.12. The molecule has 0 aromatic rings. The van der Waals surface area contributed by atoms with Crippen LogP contribution in [0.25, 0.3) is 0 Å². The summed E-state index contributed by atoms with van der Waals surface area (Å²) in [7, 11) is 0. The van der Waals surface area contributed by atoms with Gasteiger partial charge in [0.15, 0.2) is 0 Å². The molecule has 0 radical (unpaired) electrons. The van der Waals surface area contributed by atoms with Gasteiger partial charge in [0.2, 0.25) is 0 Å². The van der Waals surface area contributed by atoms with E-state index in [0.29, 0.717) is 25.1 Å². The first-order valence-corrected chi connectivity index (χ1v) is 5.74. The van der Waals surface area contributed by atoms with E-state index in [2.05, 4.69) is 0 Å². The number of hydrogen-bond acceptors (Lipinski definition) is 6. The van der Waals surface area contributed by atoms with Gasteiger partial charge >= 0.3 is 0 Å². The molecule has 102 valence electrons. The van der Waals surface area contributed by atoms with Crippen LogP contribution in [0.1, 0.15) is 25.7 Å². The SMILES string of the molecule is O=CCC(C=O)C(O)CC[C@H](O)[C@@H](C=O)CC=O. The van der Waals surface area contributed by atoms with E-state index in [9.17, 15) is 29.4 Å². The minimum Gasteiger partial charge on any atom is -0.392 e. The number of carbonyl (C=O) groups is 4. The summed E-state index contributed by atoms with van der Waals surface area (Å²) in [4.78, 5) is 41.7. The largest absolute Gasteiger partial charge is 0.392 e. The first-order chi connectivity index (χ1) is 8.60. The zero-order valence-corrected chi connectivity index (χ0v) is 9.97. The Morgan fingerprint density at radius 1 is 0.722 bits per heavy atom. The summed E-state index contributed by atoms with van der Waals surface area (Å²) in [5.41, 5.74) is 0. The van der Waals surface area contributed by atoms with Crippen LogP contribution in [-0.4, -0.2) is 47.6 Å². The van der Waals surface area contributed by atoms with Crippen molar-refractivity contribution in [2.45, 2.75) is 37.9 Å². The lowest BCUT2D eigenvalue weighted by molar-refractivity contribution is -0.120. The van der Waals surface area contributed by atoms with Crippen molar-refractivity contribution in [2.75, 3.05) is 0 Å². The Bertz CT molecular complexity index is 250. The van der Waals surface area contributed by atoms with Crippen molar-refractivity contribution in [1.29, 1.82) is 0 Å². The van der Waals surface area contributed by atoms with E-state index in [1.807, 2.05) is 0 Å². The molecule has 2 unspecified atom stereocenters. The van der Waals surface area contributed by atoms with Crippen LogP contribution in [-0.2, 0) is 19.2 Å². The molecule has 0 aromatic heterocycles. The maximum Gasteiger partial charge on any atom is 0.126 e. The third kappa shape index (κ3) is 5.79. The molecule has 0 aliphatic heterocycles. The van der Waals surface area contributed by atoms with E-state index in [1.54, 1.807) is 0 Å². The zero-order valence-electron chi connectivity index (χ0n) is 9.97. The number of hydrogen-bond donors (Lipinski definition) is 2. The molecule has 0 aliphatic rings. The van der Waals surface area contributed by atoms with Crippen molar-refractivity contribution in [3.05, 3.63) is 0 Å². The molecular weight excluding hydrogens is 240 g/mol. The van der Waals surface area contributed by atoms with E-state index in [-0.39, 0.29) is 25.7 Å². The highest BCUT2D eigenvalue weighted by Gasteiger charge is 2.23. The van der Waals surface area contributed by atoms with Crippen molar-refractivity contribution in [2.24, 2.45) is 11.8 Å². The van der Waals surface area contributed by atoms with Gasteiger partial charge < -0.3 is 29.4 Å². The van der Waals surface area contributed by atoms with Crippen LogP contribution in [0.5, 0.6) is 0 Å². The van der Waals surface area contributed by atoms with E-state index in [4.69, 9.17) is 0 Å². The van der Waals surface area contributed by atoms with Crippen molar-refractivity contribution < 1.29 is 29.4 Å². The van der Waals surface area contributed by atoms with Gasteiger partial charge in [-0.1, -0.05) is 0 Å². The van der Waals surface area contributed by atoms with Crippen LogP contribution >= 0.6 is 0 Å². The van der Waals surface area contributed by atoms with Gasteiger partial charge in [-0.25, -0.2) is 0 Å². The van der Waals surface area contributed by atoms with Crippen LogP contribution in [0.2, 0.25) is 0 Å². The normalized spacial score (nSPS) is 17.2. The molecule has 0 saturated heterocycles. The van der Waals surface area contributed by atoms with Crippen LogP contribution in [0.4, 0.5) is 0 Å². The molecule has 0 spiro atoms. The Balaban J connectivity index is 4.20. The van der Waals surface area contributed by atoms with Gasteiger partial charge in [0.05, 0.1) is 12.2 Å². The van der Waals surface area contributed by atoms with Crippen molar-refractivity contribution in [3.8, 4) is 0 Å². The van der Waals surface area contributed by atoms with Crippen molar-refractivity contribution in [1.82, 2.24) is 0 Å². The molecule has 0 fully saturated rings. The molecular formula is C12H18O6. The number of carbonyl (C=O) groups excluding carboxylic acids is 4. The van der Waals surface area contributed by atoms with E-state index >= 15 is 0 Å². The lowest BCUT2D eigenvalue weighted by Gasteiger charge is -2.19. The fraction of sp³-hybridized carbons (Fsp3) is 0.667. The number of aliphatic hydroxyl groups excluding tert-OH is 2. The van der Waals surface area contributed by atoms with Crippen molar-refractivity contribution in [3.63, 3.8) is 0 Å². The quantitative estimate of drug-likeness (QED) is 0.474.